The standard InChI is InChI=1S/C33H32N2OS.ClH/c1-22-7-13-28(14-8-22)32-16-23-15-24(17-32)19-33(18-23,21-32)29-20-37-31(34-29)35-30(36)27-11-9-26(10-12-27)25-5-3-2-4-6-25;/h2-14,20,23-24H,15-19,21H2,1H3,(H,34,35,36);1H. The van der Waals surface area contributed by atoms with E-state index in [2.05, 4.69) is 54.0 Å². The maximum absolute atomic E-state index is 13.0. The quantitative estimate of drug-likeness (QED) is 0.275. The first-order valence-electron chi connectivity index (χ1n) is 13.5. The van der Waals surface area contributed by atoms with Crippen LogP contribution in [0.4, 0.5) is 5.13 Å². The van der Waals surface area contributed by atoms with E-state index in [-0.39, 0.29) is 29.1 Å². The number of amides is 1. The highest BCUT2D eigenvalue weighted by molar-refractivity contribution is 7.14. The lowest BCUT2D eigenvalue weighted by Gasteiger charge is -2.62. The van der Waals surface area contributed by atoms with E-state index >= 15 is 0 Å². The molecule has 38 heavy (non-hydrogen) atoms. The molecule has 3 nitrogen and oxygen atoms in total. The third-order valence-corrected chi connectivity index (χ3v) is 10.0. The molecule has 1 N–H and O–H groups in total. The molecule has 0 saturated heterocycles. The van der Waals surface area contributed by atoms with Gasteiger partial charge in [-0.1, -0.05) is 72.3 Å². The van der Waals surface area contributed by atoms with Crippen molar-refractivity contribution in [3.63, 3.8) is 0 Å². The van der Waals surface area contributed by atoms with Crippen molar-refractivity contribution in [1.82, 2.24) is 4.98 Å². The van der Waals surface area contributed by atoms with Gasteiger partial charge in [-0.2, -0.15) is 0 Å². The molecule has 1 heterocycles. The number of rotatable bonds is 5. The molecule has 4 fully saturated rings. The molecule has 0 radical (unpaired) electrons. The van der Waals surface area contributed by atoms with Crippen molar-refractivity contribution in [3.05, 3.63) is 107 Å². The van der Waals surface area contributed by atoms with Crippen LogP contribution in [0, 0.1) is 18.8 Å². The summed E-state index contributed by atoms with van der Waals surface area (Å²) in [4.78, 5) is 18.1. The monoisotopic (exact) mass is 540 g/mol. The van der Waals surface area contributed by atoms with Crippen LogP contribution in [0.15, 0.2) is 84.2 Å². The van der Waals surface area contributed by atoms with Crippen LogP contribution < -0.4 is 5.32 Å². The maximum atomic E-state index is 13.0. The van der Waals surface area contributed by atoms with E-state index in [1.807, 2.05) is 42.5 Å². The van der Waals surface area contributed by atoms with E-state index in [0.717, 1.165) is 23.0 Å². The van der Waals surface area contributed by atoms with Gasteiger partial charge in [-0.05, 0) is 91.5 Å². The molecule has 3 aromatic carbocycles. The Kier molecular flexibility index (Phi) is 6.44. The fourth-order valence-electron chi connectivity index (χ4n) is 8.00. The van der Waals surface area contributed by atoms with E-state index in [1.165, 1.54) is 55.3 Å². The van der Waals surface area contributed by atoms with Gasteiger partial charge in [0.15, 0.2) is 5.13 Å². The number of aromatic nitrogens is 1. The molecule has 8 rings (SSSR count). The van der Waals surface area contributed by atoms with E-state index in [0.29, 0.717) is 10.7 Å². The van der Waals surface area contributed by atoms with E-state index in [1.54, 1.807) is 11.3 Å². The Bertz CT molecular complexity index is 1430. The molecule has 1 amide bonds. The zero-order valence-electron chi connectivity index (χ0n) is 21.7. The van der Waals surface area contributed by atoms with Crippen molar-refractivity contribution in [2.24, 2.45) is 11.8 Å². The van der Waals surface area contributed by atoms with Crippen LogP contribution >= 0.6 is 23.7 Å². The first kappa shape index (κ1) is 25.3. The zero-order valence-corrected chi connectivity index (χ0v) is 23.3. The topological polar surface area (TPSA) is 42.0 Å². The lowest BCUT2D eigenvalue weighted by molar-refractivity contribution is -0.0296. The van der Waals surface area contributed by atoms with Crippen LogP contribution in [0.1, 0.15) is 65.7 Å². The predicted molar refractivity (Wildman–Crippen MR) is 158 cm³/mol. The van der Waals surface area contributed by atoms with Crippen LogP contribution in [0.25, 0.3) is 11.1 Å². The van der Waals surface area contributed by atoms with Gasteiger partial charge in [0.1, 0.15) is 0 Å². The van der Waals surface area contributed by atoms with Gasteiger partial charge in [-0.25, -0.2) is 4.98 Å². The Balaban J connectivity index is 0.00000264. The second kappa shape index (κ2) is 9.66. The summed E-state index contributed by atoms with van der Waals surface area (Å²) in [6.07, 6.45) is 7.70. The molecule has 1 aromatic heterocycles. The van der Waals surface area contributed by atoms with Crippen LogP contribution in [0.5, 0.6) is 0 Å². The van der Waals surface area contributed by atoms with E-state index in [4.69, 9.17) is 4.98 Å². The smallest absolute Gasteiger partial charge is 0.257 e. The minimum Gasteiger partial charge on any atom is -0.298 e. The second-order valence-corrected chi connectivity index (χ2v) is 12.7. The molecule has 4 bridgehead atoms. The number of nitrogens with one attached hydrogen (secondary N) is 1. The Morgan fingerprint density at radius 3 is 2.16 bits per heavy atom. The van der Waals surface area contributed by atoms with Crippen molar-refractivity contribution in [2.75, 3.05) is 5.32 Å². The second-order valence-electron chi connectivity index (χ2n) is 11.8. The minimum absolute atomic E-state index is 0. The molecule has 4 saturated carbocycles. The molecule has 194 valence electrons. The molecule has 0 aliphatic heterocycles. The number of nitrogens with zero attached hydrogens (tertiary/aromatic N) is 1. The normalized spacial score (nSPS) is 27.1. The number of benzene rings is 3. The molecule has 4 aliphatic carbocycles. The average Bonchev–Trinajstić information content (AvgIpc) is 3.38. The SMILES string of the molecule is Cc1ccc(C23CC4CC(C2)CC(c2csc(NC(=O)c5ccc(-c6ccccc6)cc5)n2)(C4)C3)cc1.Cl. The summed E-state index contributed by atoms with van der Waals surface area (Å²) in [6.45, 7) is 2.17. The van der Waals surface area contributed by atoms with E-state index in [9.17, 15) is 4.79 Å². The summed E-state index contributed by atoms with van der Waals surface area (Å²) in [5.41, 5.74) is 7.41. The lowest BCUT2D eigenvalue weighted by atomic mass is 9.42. The van der Waals surface area contributed by atoms with Crippen molar-refractivity contribution in [2.45, 2.75) is 56.3 Å². The number of hydrogen-bond donors (Lipinski definition) is 1. The van der Waals surface area contributed by atoms with Crippen molar-refractivity contribution in [1.29, 1.82) is 0 Å². The summed E-state index contributed by atoms with van der Waals surface area (Å²) in [7, 11) is 0. The average molecular weight is 541 g/mol. The van der Waals surface area contributed by atoms with Gasteiger partial charge < -0.3 is 0 Å². The minimum atomic E-state index is -0.0952. The van der Waals surface area contributed by atoms with Gasteiger partial charge in [0.05, 0.1) is 5.69 Å². The third kappa shape index (κ3) is 4.38. The Labute approximate surface area is 235 Å². The van der Waals surface area contributed by atoms with Crippen LogP contribution in [-0.4, -0.2) is 10.9 Å². The van der Waals surface area contributed by atoms with Gasteiger partial charge in [0.25, 0.3) is 5.91 Å². The summed E-state index contributed by atoms with van der Waals surface area (Å²) in [5.74, 6) is 1.47. The number of aryl methyl sites for hydroxylation is 1. The molecular weight excluding hydrogens is 508 g/mol. The molecule has 2 unspecified atom stereocenters. The summed E-state index contributed by atoms with van der Waals surface area (Å²) in [5, 5.41) is 6.03. The highest BCUT2D eigenvalue weighted by Gasteiger charge is 2.59. The molecular formula is C33H33ClN2OS. The summed E-state index contributed by atoms with van der Waals surface area (Å²) >= 11 is 1.58. The van der Waals surface area contributed by atoms with Crippen molar-refractivity contribution >= 4 is 34.8 Å². The largest absolute Gasteiger partial charge is 0.298 e. The van der Waals surface area contributed by atoms with Crippen molar-refractivity contribution < 1.29 is 4.79 Å². The summed E-state index contributed by atoms with van der Waals surface area (Å²) in [6, 6.07) is 27.4. The van der Waals surface area contributed by atoms with Crippen LogP contribution in [0.2, 0.25) is 0 Å². The van der Waals surface area contributed by atoms with E-state index < -0.39 is 0 Å². The van der Waals surface area contributed by atoms with Crippen LogP contribution in [0.3, 0.4) is 0 Å². The molecule has 4 aliphatic rings. The number of thiazole rings is 1. The first-order chi connectivity index (χ1) is 18.0. The number of carbonyl (C=O) groups excluding carboxylic acids is 1. The number of hydrogen-bond acceptors (Lipinski definition) is 3. The fraction of sp³-hybridized carbons (Fsp3) is 0.333. The van der Waals surface area contributed by atoms with Gasteiger partial charge in [0, 0.05) is 16.4 Å². The molecule has 5 heteroatoms. The zero-order chi connectivity index (χ0) is 25.0. The van der Waals surface area contributed by atoms with Gasteiger partial charge >= 0.3 is 0 Å². The molecule has 2 atom stereocenters. The third-order valence-electron chi connectivity index (χ3n) is 9.25. The summed E-state index contributed by atoms with van der Waals surface area (Å²) < 4.78 is 0. The number of halogens is 1. The highest BCUT2D eigenvalue weighted by Crippen LogP contribution is 2.66. The predicted octanol–water partition coefficient (Wildman–Crippen LogP) is 8.58. The maximum Gasteiger partial charge on any atom is 0.257 e. The van der Waals surface area contributed by atoms with Crippen LogP contribution in [-0.2, 0) is 10.8 Å². The molecule has 0 spiro atoms. The van der Waals surface area contributed by atoms with Gasteiger partial charge in [-0.15, -0.1) is 23.7 Å². The fourth-order valence-corrected chi connectivity index (χ4v) is 8.82. The number of anilines is 1. The molecule has 4 aromatic rings. The Hall–Kier alpha value is -2.95. The van der Waals surface area contributed by atoms with Gasteiger partial charge in [0.2, 0.25) is 0 Å². The first-order valence-corrected chi connectivity index (χ1v) is 14.4. The Morgan fingerprint density at radius 1 is 0.842 bits per heavy atom. The Morgan fingerprint density at radius 2 is 1.47 bits per heavy atom. The number of carbonyl (C=O) groups is 1. The van der Waals surface area contributed by atoms with Gasteiger partial charge in [-0.3, -0.25) is 10.1 Å². The van der Waals surface area contributed by atoms with Crippen molar-refractivity contribution in [3.8, 4) is 11.1 Å². The lowest BCUT2D eigenvalue weighted by Crippen LogP contribution is -2.56. The highest BCUT2D eigenvalue weighted by atomic mass is 35.5.